The number of hydrogen-bond donors (Lipinski definition) is 0. The lowest BCUT2D eigenvalue weighted by atomic mass is 10.1. The number of halogens is 2. The van der Waals surface area contributed by atoms with Gasteiger partial charge in [-0.25, -0.2) is 4.39 Å². The first-order valence-corrected chi connectivity index (χ1v) is 6.84. The summed E-state index contributed by atoms with van der Waals surface area (Å²) in [5, 5.41) is 0. The lowest BCUT2D eigenvalue weighted by Gasteiger charge is -2.32. The van der Waals surface area contributed by atoms with E-state index in [-0.39, 0.29) is 11.7 Å². The van der Waals surface area contributed by atoms with Crippen molar-refractivity contribution in [2.75, 3.05) is 4.90 Å². The Balaban J connectivity index is 2.41. The smallest absolute Gasteiger partial charge is 0.129 e. The minimum Gasteiger partial charge on any atom is -0.366 e. The van der Waals surface area contributed by atoms with Crippen molar-refractivity contribution in [1.82, 2.24) is 0 Å². The molecule has 1 aromatic rings. The van der Waals surface area contributed by atoms with Crippen molar-refractivity contribution in [3.63, 3.8) is 0 Å². The van der Waals surface area contributed by atoms with Gasteiger partial charge in [-0.1, -0.05) is 13.0 Å². The average Bonchev–Trinajstić information content (AvgIpc) is 2.70. The molecule has 3 heteroatoms. The summed E-state index contributed by atoms with van der Waals surface area (Å²) in [6.07, 6.45) is 3.47. The van der Waals surface area contributed by atoms with Crippen molar-refractivity contribution in [3.05, 3.63) is 29.6 Å². The summed E-state index contributed by atoms with van der Waals surface area (Å²) >= 11 is 5.89. The first kappa shape index (κ1) is 12.7. The Labute approximate surface area is 108 Å². The zero-order valence-corrected chi connectivity index (χ0v) is 11.2. The Bertz CT molecular complexity index is 394. The van der Waals surface area contributed by atoms with Gasteiger partial charge < -0.3 is 4.90 Å². The van der Waals surface area contributed by atoms with Gasteiger partial charge in [-0.15, -0.1) is 11.6 Å². The molecule has 0 amide bonds. The standard InChI is InChI=1S/C14H19ClFN/c1-3-11-8-7-10(2)17(11)14-6-4-5-13(16)12(14)9-15/h4-6,10-11H,3,7-9H2,1-2H3. The van der Waals surface area contributed by atoms with Gasteiger partial charge in [-0.2, -0.15) is 0 Å². The van der Waals surface area contributed by atoms with E-state index < -0.39 is 0 Å². The van der Waals surface area contributed by atoms with Gasteiger partial charge in [-0.3, -0.25) is 0 Å². The summed E-state index contributed by atoms with van der Waals surface area (Å²) in [6, 6.07) is 6.25. The minimum atomic E-state index is -0.188. The van der Waals surface area contributed by atoms with E-state index in [4.69, 9.17) is 11.6 Å². The van der Waals surface area contributed by atoms with E-state index in [1.54, 1.807) is 6.07 Å². The lowest BCUT2D eigenvalue weighted by Crippen LogP contribution is -2.34. The molecule has 0 radical (unpaired) electrons. The van der Waals surface area contributed by atoms with E-state index in [1.165, 1.54) is 18.9 Å². The molecule has 1 nitrogen and oxygen atoms in total. The van der Waals surface area contributed by atoms with Gasteiger partial charge in [0.25, 0.3) is 0 Å². The molecule has 0 saturated carbocycles. The van der Waals surface area contributed by atoms with Gasteiger partial charge >= 0.3 is 0 Å². The fourth-order valence-corrected chi connectivity index (χ4v) is 3.09. The number of nitrogens with zero attached hydrogens (tertiary/aromatic N) is 1. The average molecular weight is 256 g/mol. The zero-order chi connectivity index (χ0) is 12.4. The molecule has 0 spiro atoms. The predicted octanol–water partition coefficient (Wildman–Crippen LogP) is 4.33. The maximum absolute atomic E-state index is 13.8. The summed E-state index contributed by atoms with van der Waals surface area (Å²) < 4.78 is 13.8. The van der Waals surface area contributed by atoms with Crippen LogP contribution in [0.3, 0.4) is 0 Å². The van der Waals surface area contributed by atoms with Crippen LogP contribution in [0.4, 0.5) is 10.1 Å². The molecule has 2 rings (SSSR count). The highest BCUT2D eigenvalue weighted by molar-refractivity contribution is 6.17. The van der Waals surface area contributed by atoms with Gasteiger partial charge in [0.05, 0.1) is 5.88 Å². The van der Waals surface area contributed by atoms with Crippen LogP contribution >= 0.6 is 11.6 Å². The number of benzene rings is 1. The van der Waals surface area contributed by atoms with Crippen LogP contribution in [-0.2, 0) is 5.88 Å². The number of anilines is 1. The van der Waals surface area contributed by atoms with Gasteiger partial charge in [0.1, 0.15) is 5.82 Å². The van der Waals surface area contributed by atoms with Crippen molar-refractivity contribution in [1.29, 1.82) is 0 Å². The first-order chi connectivity index (χ1) is 8.19. The summed E-state index contributed by atoms with van der Waals surface area (Å²) in [5.74, 6) is 0.0493. The van der Waals surface area contributed by atoms with Crippen LogP contribution in [0.15, 0.2) is 18.2 Å². The molecule has 1 aliphatic rings. The molecule has 2 atom stereocenters. The normalized spacial score (nSPS) is 24.4. The second-order valence-corrected chi connectivity index (χ2v) is 5.03. The Kier molecular flexibility index (Phi) is 3.93. The van der Waals surface area contributed by atoms with E-state index in [2.05, 4.69) is 18.7 Å². The molecule has 0 aliphatic carbocycles. The molecular formula is C14H19ClFN. The third kappa shape index (κ3) is 2.28. The molecule has 2 unspecified atom stereocenters. The van der Waals surface area contributed by atoms with E-state index in [0.717, 1.165) is 12.1 Å². The highest BCUT2D eigenvalue weighted by Gasteiger charge is 2.31. The van der Waals surface area contributed by atoms with Crippen LogP contribution in [-0.4, -0.2) is 12.1 Å². The third-order valence-electron chi connectivity index (χ3n) is 3.76. The number of hydrogen-bond acceptors (Lipinski definition) is 1. The van der Waals surface area contributed by atoms with E-state index in [9.17, 15) is 4.39 Å². The number of rotatable bonds is 3. The molecule has 1 fully saturated rings. The fraction of sp³-hybridized carbons (Fsp3) is 0.571. The van der Waals surface area contributed by atoms with Crippen LogP contribution in [0.25, 0.3) is 0 Å². The zero-order valence-electron chi connectivity index (χ0n) is 10.4. The van der Waals surface area contributed by atoms with Crippen molar-refractivity contribution < 1.29 is 4.39 Å². The molecule has 1 saturated heterocycles. The Morgan fingerprint density at radius 1 is 1.41 bits per heavy atom. The Morgan fingerprint density at radius 2 is 2.18 bits per heavy atom. The van der Waals surface area contributed by atoms with Crippen molar-refractivity contribution >= 4 is 17.3 Å². The fourth-order valence-electron chi connectivity index (χ4n) is 2.83. The molecule has 0 bridgehead atoms. The topological polar surface area (TPSA) is 3.24 Å². The molecule has 17 heavy (non-hydrogen) atoms. The van der Waals surface area contributed by atoms with Crippen molar-refractivity contribution in [2.45, 2.75) is 51.1 Å². The van der Waals surface area contributed by atoms with Gasteiger partial charge in [-0.05, 0) is 38.3 Å². The SMILES string of the molecule is CCC1CCC(C)N1c1cccc(F)c1CCl. The van der Waals surface area contributed by atoms with Crippen molar-refractivity contribution in [3.8, 4) is 0 Å². The third-order valence-corrected chi connectivity index (χ3v) is 4.03. The second-order valence-electron chi connectivity index (χ2n) is 4.77. The van der Waals surface area contributed by atoms with Crippen LogP contribution in [0.1, 0.15) is 38.7 Å². The first-order valence-electron chi connectivity index (χ1n) is 6.30. The molecule has 1 heterocycles. The quantitative estimate of drug-likeness (QED) is 0.727. The molecule has 1 aromatic carbocycles. The van der Waals surface area contributed by atoms with Gasteiger partial charge in [0.15, 0.2) is 0 Å². The van der Waals surface area contributed by atoms with Gasteiger partial charge in [0, 0.05) is 23.3 Å². The van der Waals surface area contributed by atoms with Crippen LogP contribution in [0.5, 0.6) is 0 Å². The van der Waals surface area contributed by atoms with Gasteiger partial charge in [0.2, 0.25) is 0 Å². The van der Waals surface area contributed by atoms with E-state index >= 15 is 0 Å². The minimum absolute atomic E-state index is 0.188. The van der Waals surface area contributed by atoms with Crippen LogP contribution in [0, 0.1) is 5.82 Å². The summed E-state index contributed by atoms with van der Waals surface area (Å²) in [5.41, 5.74) is 1.62. The highest BCUT2D eigenvalue weighted by Crippen LogP contribution is 2.35. The number of alkyl halides is 1. The predicted molar refractivity (Wildman–Crippen MR) is 71.2 cm³/mol. The summed E-state index contributed by atoms with van der Waals surface area (Å²) in [4.78, 5) is 2.35. The Morgan fingerprint density at radius 3 is 2.82 bits per heavy atom. The lowest BCUT2D eigenvalue weighted by molar-refractivity contribution is 0.601. The van der Waals surface area contributed by atoms with Crippen molar-refractivity contribution in [2.24, 2.45) is 0 Å². The van der Waals surface area contributed by atoms with E-state index in [0.29, 0.717) is 17.6 Å². The molecule has 0 aromatic heterocycles. The molecule has 1 aliphatic heterocycles. The van der Waals surface area contributed by atoms with E-state index in [1.807, 2.05) is 6.07 Å². The monoisotopic (exact) mass is 255 g/mol. The summed E-state index contributed by atoms with van der Waals surface area (Å²) in [7, 11) is 0. The Hall–Kier alpha value is -0.760. The molecule has 94 valence electrons. The highest BCUT2D eigenvalue weighted by atomic mass is 35.5. The van der Waals surface area contributed by atoms with Crippen LogP contribution in [0.2, 0.25) is 0 Å². The summed E-state index contributed by atoms with van der Waals surface area (Å²) in [6.45, 7) is 4.40. The van der Waals surface area contributed by atoms with Crippen LogP contribution < -0.4 is 4.90 Å². The largest absolute Gasteiger partial charge is 0.366 e. The maximum Gasteiger partial charge on any atom is 0.129 e. The molecular weight excluding hydrogens is 237 g/mol. The second kappa shape index (κ2) is 5.26. The maximum atomic E-state index is 13.8. The molecule has 0 N–H and O–H groups in total.